The molecule has 1 atom stereocenters. The fourth-order valence-electron chi connectivity index (χ4n) is 3.76. The van der Waals surface area contributed by atoms with Crippen molar-refractivity contribution < 1.29 is 4.79 Å². The number of likely N-dealkylation sites (tertiary alicyclic amines) is 1. The Kier molecular flexibility index (Phi) is 6.58. The number of rotatable bonds is 6. The highest BCUT2D eigenvalue weighted by molar-refractivity contribution is 5.83. The van der Waals surface area contributed by atoms with Gasteiger partial charge in [0.05, 0.1) is 5.69 Å². The lowest BCUT2D eigenvalue weighted by atomic mass is 10.0. The number of likely N-dealkylation sites (N-methyl/N-ethyl adjacent to an activating group) is 1. The third kappa shape index (κ3) is 5.37. The molecule has 1 amide bonds. The van der Waals surface area contributed by atoms with E-state index < -0.39 is 0 Å². The third-order valence-corrected chi connectivity index (χ3v) is 5.17. The minimum absolute atomic E-state index is 0.0915. The molecule has 0 aliphatic carbocycles. The fourth-order valence-corrected chi connectivity index (χ4v) is 3.76. The van der Waals surface area contributed by atoms with E-state index in [0.29, 0.717) is 0 Å². The summed E-state index contributed by atoms with van der Waals surface area (Å²) < 4.78 is 0. The van der Waals surface area contributed by atoms with Gasteiger partial charge in [-0.1, -0.05) is 35.9 Å². The Bertz CT molecular complexity index is 739. The molecule has 144 valence electrons. The molecule has 3 rings (SSSR count). The number of pyridine rings is 1. The zero-order chi connectivity index (χ0) is 19.2. The van der Waals surface area contributed by atoms with Crippen molar-refractivity contribution in [3.63, 3.8) is 0 Å². The lowest BCUT2D eigenvalue weighted by Crippen LogP contribution is -2.47. The lowest BCUT2D eigenvalue weighted by Gasteiger charge is -2.33. The smallest absolute Gasteiger partial charge is 0.242 e. The van der Waals surface area contributed by atoms with Crippen molar-refractivity contribution in [3.05, 3.63) is 65.5 Å². The second kappa shape index (κ2) is 9.11. The number of carbonyl (C=O) groups excluding carboxylic acids is 1. The van der Waals surface area contributed by atoms with Crippen LogP contribution < -0.4 is 5.32 Å². The van der Waals surface area contributed by atoms with Crippen LogP contribution >= 0.6 is 0 Å². The van der Waals surface area contributed by atoms with Crippen LogP contribution in [0.5, 0.6) is 0 Å². The van der Waals surface area contributed by atoms with Crippen LogP contribution in [0.1, 0.15) is 35.7 Å². The quantitative estimate of drug-likeness (QED) is 0.854. The van der Waals surface area contributed by atoms with Crippen LogP contribution in [0.3, 0.4) is 0 Å². The Morgan fingerprint density at radius 1 is 1.22 bits per heavy atom. The van der Waals surface area contributed by atoms with E-state index in [9.17, 15) is 4.79 Å². The topological polar surface area (TPSA) is 48.5 Å². The lowest BCUT2D eigenvalue weighted by molar-refractivity contribution is -0.126. The zero-order valence-electron chi connectivity index (χ0n) is 16.6. The van der Waals surface area contributed by atoms with Crippen LogP contribution in [-0.4, -0.2) is 53.9 Å². The van der Waals surface area contributed by atoms with Gasteiger partial charge in [0, 0.05) is 31.9 Å². The number of aryl methyl sites for hydroxylation is 1. The zero-order valence-corrected chi connectivity index (χ0v) is 16.6. The predicted octanol–water partition coefficient (Wildman–Crippen LogP) is 2.77. The number of hydrogen-bond donors (Lipinski definition) is 1. The van der Waals surface area contributed by atoms with E-state index in [0.717, 1.165) is 43.7 Å². The largest absolute Gasteiger partial charge is 0.352 e. The number of amides is 1. The molecule has 1 N–H and O–H groups in total. The van der Waals surface area contributed by atoms with Gasteiger partial charge < -0.3 is 5.32 Å². The third-order valence-electron chi connectivity index (χ3n) is 5.17. The molecular weight excluding hydrogens is 336 g/mol. The highest BCUT2D eigenvalue weighted by Crippen LogP contribution is 2.21. The number of hydrogen-bond acceptors (Lipinski definition) is 4. The second-order valence-electron chi connectivity index (χ2n) is 7.66. The SMILES string of the molecule is Cc1cccc([C@@H](C(=O)NC2CCN(Cc3ccccn3)CC2)N(C)C)c1. The van der Waals surface area contributed by atoms with E-state index in [-0.39, 0.29) is 18.0 Å². The van der Waals surface area contributed by atoms with Gasteiger partial charge >= 0.3 is 0 Å². The molecule has 0 spiro atoms. The first kappa shape index (κ1) is 19.5. The standard InChI is InChI=1S/C22H30N4O/c1-17-7-6-8-18(15-17)21(25(2)3)22(27)24-19-10-13-26(14-11-19)16-20-9-4-5-12-23-20/h4-9,12,15,19,21H,10-11,13-14,16H2,1-3H3,(H,24,27)/t21-/m0/s1. The number of piperidine rings is 1. The van der Waals surface area contributed by atoms with E-state index >= 15 is 0 Å². The van der Waals surface area contributed by atoms with Gasteiger partial charge in [0.2, 0.25) is 5.91 Å². The molecular formula is C22H30N4O. The van der Waals surface area contributed by atoms with Crippen molar-refractivity contribution >= 4 is 5.91 Å². The van der Waals surface area contributed by atoms with Crippen LogP contribution in [0.15, 0.2) is 48.7 Å². The van der Waals surface area contributed by atoms with Crippen LogP contribution in [-0.2, 0) is 11.3 Å². The summed E-state index contributed by atoms with van der Waals surface area (Å²) in [5, 5.41) is 3.28. The summed E-state index contributed by atoms with van der Waals surface area (Å²) in [5.74, 6) is 0.0915. The Morgan fingerprint density at radius 3 is 2.63 bits per heavy atom. The Morgan fingerprint density at radius 2 is 2.00 bits per heavy atom. The molecule has 1 fully saturated rings. The molecule has 1 aliphatic heterocycles. The molecule has 1 aromatic carbocycles. The number of aromatic nitrogens is 1. The van der Waals surface area contributed by atoms with E-state index in [1.807, 2.05) is 49.5 Å². The van der Waals surface area contributed by atoms with Gasteiger partial charge in [-0.3, -0.25) is 19.6 Å². The summed E-state index contributed by atoms with van der Waals surface area (Å²) >= 11 is 0. The van der Waals surface area contributed by atoms with Gasteiger partial charge in [-0.05, 0) is 51.6 Å². The number of benzene rings is 1. The van der Waals surface area contributed by atoms with Crippen LogP contribution in [0.4, 0.5) is 0 Å². The first-order valence-corrected chi connectivity index (χ1v) is 9.68. The van der Waals surface area contributed by atoms with Crippen LogP contribution in [0, 0.1) is 6.92 Å². The van der Waals surface area contributed by atoms with Gasteiger partial charge in [-0.25, -0.2) is 0 Å². The maximum absolute atomic E-state index is 13.0. The number of carbonyl (C=O) groups is 1. The molecule has 5 nitrogen and oxygen atoms in total. The van der Waals surface area contributed by atoms with Crippen molar-refractivity contribution in [2.75, 3.05) is 27.2 Å². The molecule has 1 aromatic heterocycles. The van der Waals surface area contributed by atoms with E-state index in [2.05, 4.69) is 40.3 Å². The summed E-state index contributed by atoms with van der Waals surface area (Å²) in [6, 6.07) is 14.2. The summed E-state index contributed by atoms with van der Waals surface area (Å²) in [6.45, 7) is 4.91. The van der Waals surface area contributed by atoms with E-state index in [1.165, 1.54) is 5.56 Å². The van der Waals surface area contributed by atoms with Crippen molar-refractivity contribution in [2.24, 2.45) is 0 Å². The molecule has 27 heavy (non-hydrogen) atoms. The molecule has 2 heterocycles. The molecule has 5 heteroatoms. The molecule has 0 unspecified atom stereocenters. The van der Waals surface area contributed by atoms with Gasteiger partial charge in [-0.2, -0.15) is 0 Å². The first-order valence-electron chi connectivity index (χ1n) is 9.68. The Labute approximate surface area is 162 Å². The average molecular weight is 367 g/mol. The van der Waals surface area contributed by atoms with Crippen LogP contribution in [0.2, 0.25) is 0 Å². The predicted molar refractivity (Wildman–Crippen MR) is 108 cm³/mol. The van der Waals surface area contributed by atoms with E-state index in [1.54, 1.807) is 0 Å². The molecule has 1 aliphatic rings. The van der Waals surface area contributed by atoms with Crippen molar-refractivity contribution in [2.45, 2.75) is 38.4 Å². The summed E-state index contributed by atoms with van der Waals surface area (Å²) in [7, 11) is 3.92. The molecule has 0 radical (unpaired) electrons. The van der Waals surface area contributed by atoms with Crippen LogP contribution in [0.25, 0.3) is 0 Å². The molecule has 2 aromatic rings. The first-order chi connectivity index (χ1) is 13.0. The van der Waals surface area contributed by atoms with Crippen molar-refractivity contribution in [3.8, 4) is 0 Å². The highest BCUT2D eigenvalue weighted by atomic mass is 16.2. The fraction of sp³-hybridized carbons (Fsp3) is 0.455. The van der Waals surface area contributed by atoms with Gasteiger partial charge in [0.25, 0.3) is 0 Å². The molecule has 0 bridgehead atoms. The Balaban J connectivity index is 1.55. The maximum atomic E-state index is 13.0. The highest BCUT2D eigenvalue weighted by Gasteiger charge is 2.27. The summed E-state index contributed by atoms with van der Waals surface area (Å²) in [5.41, 5.74) is 3.33. The monoisotopic (exact) mass is 366 g/mol. The number of nitrogens with zero attached hydrogens (tertiary/aromatic N) is 3. The Hall–Kier alpha value is -2.24. The second-order valence-corrected chi connectivity index (χ2v) is 7.66. The molecule has 1 saturated heterocycles. The minimum Gasteiger partial charge on any atom is -0.352 e. The normalized spacial score (nSPS) is 17.0. The van der Waals surface area contributed by atoms with Crippen molar-refractivity contribution in [1.82, 2.24) is 20.1 Å². The van der Waals surface area contributed by atoms with Gasteiger partial charge in [0.15, 0.2) is 0 Å². The van der Waals surface area contributed by atoms with E-state index in [4.69, 9.17) is 0 Å². The number of nitrogens with one attached hydrogen (secondary N) is 1. The maximum Gasteiger partial charge on any atom is 0.242 e. The summed E-state index contributed by atoms with van der Waals surface area (Å²) in [6.07, 6.45) is 3.80. The van der Waals surface area contributed by atoms with Gasteiger partial charge in [-0.15, -0.1) is 0 Å². The molecule has 0 saturated carbocycles. The van der Waals surface area contributed by atoms with Gasteiger partial charge in [0.1, 0.15) is 6.04 Å². The minimum atomic E-state index is -0.253. The van der Waals surface area contributed by atoms with Crippen molar-refractivity contribution in [1.29, 1.82) is 0 Å². The average Bonchev–Trinajstić information content (AvgIpc) is 2.64. The summed E-state index contributed by atoms with van der Waals surface area (Å²) in [4.78, 5) is 21.8.